The summed E-state index contributed by atoms with van der Waals surface area (Å²) < 4.78 is 16.7. The predicted molar refractivity (Wildman–Crippen MR) is 74.8 cm³/mol. The molecule has 0 bridgehead atoms. The molecule has 0 aromatic heterocycles. The van der Waals surface area contributed by atoms with Crippen LogP contribution < -0.4 is 9.47 Å². The maximum absolute atomic E-state index is 12.5. The molecule has 0 aliphatic carbocycles. The van der Waals surface area contributed by atoms with Crippen molar-refractivity contribution < 1.29 is 23.8 Å². The number of benzene rings is 1. The fourth-order valence-electron chi connectivity index (χ4n) is 3.07. The molecule has 2 aliphatic heterocycles. The summed E-state index contributed by atoms with van der Waals surface area (Å²) in [7, 11) is 1.54. The summed E-state index contributed by atoms with van der Waals surface area (Å²) in [5.41, 5.74) is 0.616. The number of ketones is 1. The first-order chi connectivity index (χ1) is 9.93. The second-order valence-electron chi connectivity index (χ2n) is 5.87. The number of aryl methyl sites for hydroxylation is 1. The molecule has 3 rings (SSSR count). The van der Waals surface area contributed by atoms with Gasteiger partial charge in [0.25, 0.3) is 0 Å². The zero-order chi connectivity index (χ0) is 15.2. The largest absolute Gasteiger partial charge is 0.496 e. The molecular formula is C16H18O5. The third-order valence-electron chi connectivity index (χ3n) is 4.13. The lowest BCUT2D eigenvalue weighted by molar-refractivity contribution is -0.149. The summed E-state index contributed by atoms with van der Waals surface area (Å²) in [4.78, 5) is 23.9. The van der Waals surface area contributed by atoms with Gasteiger partial charge in [-0.05, 0) is 38.0 Å². The van der Waals surface area contributed by atoms with E-state index in [1.165, 1.54) is 7.11 Å². The fraction of sp³-hybridized carbons (Fsp3) is 0.500. The van der Waals surface area contributed by atoms with Gasteiger partial charge in [-0.3, -0.25) is 9.59 Å². The zero-order valence-corrected chi connectivity index (χ0v) is 12.4. The second-order valence-corrected chi connectivity index (χ2v) is 5.87. The van der Waals surface area contributed by atoms with Gasteiger partial charge in [0, 0.05) is 6.42 Å². The normalized spacial score (nSPS) is 27.9. The molecule has 0 radical (unpaired) electrons. The number of esters is 1. The molecule has 2 heterocycles. The molecule has 1 aromatic carbocycles. The topological polar surface area (TPSA) is 61.8 Å². The first-order valence-corrected chi connectivity index (χ1v) is 7.03. The molecule has 0 saturated carbocycles. The van der Waals surface area contributed by atoms with Gasteiger partial charge in [0.15, 0.2) is 11.4 Å². The van der Waals surface area contributed by atoms with Gasteiger partial charge >= 0.3 is 5.97 Å². The maximum Gasteiger partial charge on any atom is 0.306 e. The van der Waals surface area contributed by atoms with E-state index in [4.69, 9.17) is 14.2 Å². The van der Waals surface area contributed by atoms with E-state index in [9.17, 15) is 9.59 Å². The Morgan fingerprint density at radius 3 is 2.71 bits per heavy atom. The number of carbonyl (C=O) groups excluding carboxylic acids is 2. The van der Waals surface area contributed by atoms with Crippen LogP contribution in [-0.4, -0.2) is 30.6 Å². The Balaban J connectivity index is 2.00. The van der Waals surface area contributed by atoms with Crippen LogP contribution in [0.3, 0.4) is 0 Å². The second kappa shape index (κ2) is 4.76. The van der Waals surface area contributed by atoms with E-state index in [1.54, 1.807) is 0 Å². The predicted octanol–water partition coefficient (Wildman–Crippen LogP) is 2.43. The third kappa shape index (κ3) is 2.26. The van der Waals surface area contributed by atoms with Gasteiger partial charge in [-0.1, -0.05) is 0 Å². The Hall–Kier alpha value is -2.04. The van der Waals surface area contributed by atoms with Gasteiger partial charge < -0.3 is 14.2 Å². The van der Waals surface area contributed by atoms with Crippen LogP contribution in [0.4, 0.5) is 0 Å². The minimum absolute atomic E-state index is 0.0430. The Morgan fingerprint density at radius 2 is 2.10 bits per heavy atom. The highest BCUT2D eigenvalue weighted by molar-refractivity contribution is 6.03. The van der Waals surface area contributed by atoms with Crippen molar-refractivity contribution in [2.45, 2.75) is 44.8 Å². The van der Waals surface area contributed by atoms with Gasteiger partial charge in [0.05, 0.1) is 13.5 Å². The number of Topliss-reactive ketones (excluding diaryl/α,β-unsaturated/α-hetero) is 1. The van der Waals surface area contributed by atoms with E-state index in [0.29, 0.717) is 29.9 Å². The van der Waals surface area contributed by atoms with Crippen molar-refractivity contribution in [3.63, 3.8) is 0 Å². The molecule has 112 valence electrons. The van der Waals surface area contributed by atoms with Crippen molar-refractivity contribution in [3.05, 3.63) is 23.3 Å². The molecule has 2 atom stereocenters. The monoisotopic (exact) mass is 290 g/mol. The lowest BCUT2D eigenvalue weighted by atomic mass is 9.85. The fourth-order valence-corrected chi connectivity index (χ4v) is 3.07. The van der Waals surface area contributed by atoms with Crippen LogP contribution in [0.25, 0.3) is 0 Å². The number of cyclic esters (lactones) is 1. The minimum atomic E-state index is -0.810. The highest BCUT2D eigenvalue weighted by atomic mass is 16.6. The number of methoxy groups -OCH3 is 1. The summed E-state index contributed by atoms with van der Waals surface area (Å²) in [6, 6.07) is 3.64. The first kappa shape index (κ1) is 13.9. The van der Waals surface area contributed by atoms with E-state index in [0.717, 1.165) is 5.56 Å². The van der Waals surface area contributed by atoms with Crippen molar-refractivity contribution in [2.75, 3.05) is 7.11 Å². The molecule has 5 nitrogen and oxygen atoms in total. The SMILES string of the molecule is COc1cc(C)cc2c1C(=O)C[C@@](C)([C@@H]1CCC(=O)O1)O2. The number of rotatable bonds is 2. The number of ether oxygens (including phenoxy) is 3. The van der Waals surface area contributed by atoms with Crippen molar-refractivity contribution in [1.82, 2.24) is 0 Å². The molecule has 0 amide bonds. The summed E-state index contributed by atoms with van der Waals surface area (Å²) in [6.07, 6.45) is 0.758. The van der Waals surface area contributed by atoms with Gasteiger partial charge in [0.1, 0.15) is 23.2 Å². The highest BCUT2D eigenvalue weighted by Gasteiger charge is 2.48. The van der Waals surface area contributed by atoms with Crippen LogP contribution in [0.1, 0.15) is 42.1 Å². The van der Waals surface area contributed by atoms with E-state index in [1.807, 2.05) is 26.0 Å². The van der Waals surface area contributed by atoms with Gasteiger partial charge in [-0.25, -0.2) is 0 Å². The smallest absolute Gasteiger partial charge is 0.306 e. The first-order valence-electron chi connectivity index (χ1n) is 7.03. The molecule has 1 aromatic rings. The number of carbonyl (C=O) groups is 2. The van der Waals surface area contributed by atoms with Crippen LogP contribution >= 0.6 is 0 Å². The third-order valence-corrected chi connectivity index (χ3v) is 4.13. The average Bonchev–Trinajstić information content (AvgIpc) is 2.84. The van der Waals surface area contributed by atoms with E-state index >= 15 is 0 Å². The standard InChI is InChI=1S/C16H18O5/c1-9-6-11(19-3)15-10(17)8-16(2,21-12(15)7-9)13-4-5-14(18)20-13/h6-7,13H,4-5,8H2,1-3H3/t13-,16-/m0/s1. The quantitative estimate of drug-likeness (QED) is 0.783. The van der Waals surface area contributed by atoms with Crippen molar-refractivity contribution >= 4 is 11.8 Å². The van der Waals surface area contributed by atoms with Gasteiger partial charge in [-0.15, -0.1) is 0 Å². The summed E-state index contributed by atoms with van der Waals surface area (Å²) in [5, 5.41) is 0. The van der Waals surface area contributed by atoms with Gasteiger partial charge in [-0.2, -0.15) is 0 Å². The highest BCUT2D eigenvalue weighted by Crippen LogP contribution is 2.42. The summed E-state index contributed by atoms with van der Waals surface area (Å²) in [6.45, 7) is 3.74. The van der Waals surface area contributed by atoms with Crippen molar-refractivity contribution in [1.29, 1.82) is 0 Å². The average molecular weight is 290 g/mol. The van der Waals surface area contributed by atoms with Crippen LogP contribution in [-0.2, 0) is 9.53 Å². The Morgan fingerprint density at radius 1 is 1.33 bits per heavy atom. The molecule has 1 saturated heterocycles. The van der Waals surface area contributed by atoms with Crippen molar-refractivity contribution in [2.24, 2.45) is 0 Å². The van der Waals surface area contributed by atoms with Gasteiger partial charge in [0.2, 0.25) is 0 Å². The molecular weight excluding hydrogens is 272 g/mol. The molecule has 0 spiro atoms. The molecule has 1 fully saturated rings. The lowest BCUT2D eigenvalue weighted by Crippen LogP contribution is -2.49. The Labute approximate surface area is 123 Å². The minimum Gasteiger partial charge on any atom is -0.496 e. The summed E-state index contributed by atoms with van der Waals surface area (Å²) in [5.74, 6) is 0.762. The van der Waals surface area contributed by atoms with Crippen LogP contribution in [0.15, 0.2) is 12.1 Å². The molecule has 21 heavy (non-hydrogen) atoms. The van der Waals surface area contributed by atoms with E-state index in [2.05, 4.69) is 0 Å². The van der Waals surface area contributed by atoms with Crippen molar-refractivity contribution in [3.8, 4) is 11.5 Å². The van der Waals surface area contributed by atoms with Crippen LogP contribution in [0.5, 0.6) is 11.5 Å². The Bertz CT molecular complexity index is 621. The number of hydrogen-bond donors (Lipinski definition) is 0. The molecule has 5 heteroatoms. The lowest BCUT2D eigenvalue weighted by Gasteiger charge is -2.38. The Kier molecular flexibility index (Phi) is 3.15. The molecule has 0 N–H and O–H groups in total. The number of hydrogen-bond acceptors (Lipinski definition) is 5. The van der Waals surface area contributed by atoms with Crippen LogP contribution in [0.2, 0.25) is 0 Å². The number of fused-ring (bicyclic) bond motifs is 1. The van der Waals surface area contributed by atoms with E-state index in [-0.39, 0.29) is 24.3 Å². The molecule has 2 aliphatic rings. The maximum atomic E-state index is 12.5. The molecule has 0 unspecified atom stereocenters. The summed E-state index contributed by atoms with van der Waals surface area (Å²) >= 11 is 0. The zero-order valence-electron chi connectivity index (χ0n) is 12.4. The van der Waals surface area contributed by atoms with Crippen LogP contribution in [0, 0.1) is 6.92 Å². The van der Waals surface area contributed by atoms with E-state index < -0.39 is 5.60 Å².